The lowest BCUT2D eigenvalue weighted by Crippen LogP contribution is -2.42. The van der Waals surface area contributed by atoms with Gasteiger partial charge in [-0.15, -0.1) is 0 Å². The van der Waals surface area contributed by atoms with Crippen LogP contribution < -0.4 is 14.8 Å². The van der Waals surface area contributed by atoms with Crippen LogP contribution in [-0.2, 0) is 27.7 Å². The van der Waals surface area contributed by atoms with E-state index >= 15 is 0 Å². The monoisotopic (exact) mass is 516 g/mol. The van der Waals surface area contributed by atoms with Crippen molar-refractivity contribution in [2.75, 3.05) is 33.9 Å². The molecule has 3 aromatic carbocycles. The summed E-state index contributed by atoms with van der Waals surface area (Å²) in [6.45, 7) is 0.226. The van der Waals surface area contributed by atoms with Crippen LogP contribution in [0.2, 0.25) is 5.02 Å². The summed E-state index contributed by atoms with van der Waals surface area (Å²) >= 11 is 5.92. The Hall–Kier alpha value is -3.07. The van der Waals surface area contributed by atoms with E-state index in [9.17, 15) is 13.2 Å². The van der Waals surface area contributed by atoms with E-state index in [1.165, 1.54) is 28.6 Å². The highest BCUT2D eigenvalue weighted by molar-refractivity contribution is 7.89. The predicted octanol–water partition coefficient (Wildman–Crippen LogP) is 3.95. The minimum atomic E-state index is -3.89. The normalized spacial score (nSPS) is 11.3. The Balaban J connectivity index is 1.66. The van der Waals surface area contributed by atoms with Crippen LogP contribution in [0.25, 0.3) is 0 Å². The maximum absolute atomic E-state index is 13.3. The number of hydrogen-bond donors (Lipinski definition) is 1. The van der Waals surface area contributed by atoms with Gasteiger partial charge in [-0.25, -0.2) is 8.42 Å². The highest BCUT2D eigenvalue weighted by Gasteiger charge is 2.26. The van der Waals surface area contributed by atoms with E-state index in [1.54, 1.807) is 20.3 Å². The third-order valence-corrected chi connectivity index (χ3v) is 7.56. The van der Waals surface area contributed by atoms with E-state index < -0.39 is 10.0 Å². The van der Waals surface area contributed by atoms with Crippen molar-refractivity contribution >= 4 is 27.5 Å². The molecule has 0 bridgehead atoms. The zero-order valence-electron chi connectivity index (χ0n) is 19.7. The van der Waals surface area contributed by atoms with Crippen molar-refractivity contribution < 1.29 is 22.7 Å². The van der Waals surface area contributed by atoms with Gasteiger partial charge < -0.3 is 14.8 Å². The Morgan fingerprint density at radius 2 is 1.57 bits per heavy atom. The summed E-state index contributed by atoms with van der Waals surface area (Å²) in [5, 5.41) is 3.26. The van der Waals surface area contributed by atoms with Crippen molar-refractivity contribution in [1.82, 2.24) is 9.62 Å². The minimum Gasteiger partial charge on any atom is -0.493 e. The van der Waals surface area contributed by atoms with Gasteiger partial charge in [-0.1, -0.05) is 48.0 Å². The molecule has 9 heteroatoms. The minimum absolute atomic E-state index is 0.0908. The predicted molar refractivity (Wildman–Crippen MR) is 137 cm³/mol. The summed E-state index contributed by atoms with van der Waals surface area (Å²) in [6, 6.07) is 21.0. The van der Waals surface area contributed by atoms with E-state index in [1.807, 2.05) is 42.5 Å². The molecule has 0 aromatic heterocycles. The van der Waals surface area contributed by atoms with Crippen LogP contribution in [-0.4, -0.2) is 52.5 Å². The molecule has 0 spiro atoms. The molecular formula is C26H29ClN2O5S. The first-order valence-electron chi connectivity index (χ1n) is 11.1. The van der Waals surface area contributed by atoms with Gasteiger partial charge in [0.2, 0.25) is 15.9 Å². The van der Waals surface area contributed by atoms with Crippen molar-refractivity contribution in [2.24, 2.45) is 0 Å². The SMILES string of the molecule is COc1ccc(CCNC(=O)CN(CCc2ccccc2)S(=O)(=O)c2ccc(Cl)cc2)cc1OC. The Morgan fingerprint density at radius 3 is 2.23 bits per heavy atom. The number of methoxy groups -OCH3 is 2. The smallest absolute Gasteiger partial charge is 0.243 e. The van der Waals surface area contributed by atoms with E-state index in [0.29, 0.717) is 35.9 Å². The second-order valence-corrected chi connectivity index (χ2v) is 10.2. The lowest BCUT2D eigenvalue weighted by Gasteiger charge is -2.22. The quantitative estimate of drug-likeness (QED) is 0.394. The maximum atomic E-state index is 13.3. The number of ether oxygens (including phenoxy) is 2. The zero-order chi connectivity index (χ0) is 25.3. The Morgan fingerprint density at radius 1 is 0.886 bits per heavy atom. The zero-order valence-corrected chi connectivity index (χ0v) is 21.3. The lowest BCUT2D eigenvalue weighted by atomic mass is 10.1. The number of rotatable bonds is 12. The Bertz CT molecular complexity index is 1220. The van der Waals surface area contributed by atoms with Crippen LogP contribution in [0.1, 0.15) is 11.1 Å². The van der Waals surface area contributed by atoms with Gasteiger partial charge in [0.25, 0.3) is 0 Å². The van der Waals surface area contributed by atoms with Crippen molar-refractivity contribution in [3.8, 4) is 11.5 Å². The number of carbonyl (C=O) groups is 1. The first-order chi connectivity index (χ1) is 16.8. The molecule has 1 amide bonds. The molecular weight excluding hydrogens is 488 g/mol. The number of carbonyl (C=O) groups excluding carboxylic acids is 1. The van der Waals surface area contributed by atoms with E-state index in [2.05, 4.69) is 5.32 Å². The van der Waals surface area contributed by atoms with Gasteiger partial charge >= 0.3 is 0 Å². The molecule has 3 rings (SSSR count). The van der Waals surface area contributed by atoms with Gasteiger partial charge in [0.1, 0.15) is 0 Å². The molecule has 0 fully saturated rings. The van der Waals surface area contributed by atoms with E-state index in [0.717, 1.165) is 11.1 Å². The molecule has 0 aliphatic heterocycles. The summed E-state index contributed by atoms with van der Waals surface area (Å²) in [6.07, 6.45) is 1.03. The molecule has 7 nitrogen and oxygen atoms in total. The van der Waals surface area contributed by atoms with Crippen LogP contribution >= 0.6 is 11.6 Å². The van der Waals surface area contributed by atoms with Crippen LogP contribution in [0.5, 0.6) is 11.5 Å². The van der Waals surface area contributed by atoms with Gasteiger partial charge in [-0.3, -0.25) is 4.79 Å². The van der Waals surface area contributed by atoms with Crippen molar-refractivity contribution in [3.05, 3.63) is 88.9 Å². The molecule has 0 aliphatic rings. The third-order valence-electron chi connectivity index (χ3n) is 5.45. The van der Waals surface area contributed by atoms with Gasteiger partial charge in [0.15, 0.2) is 11.5 Å². The van der Waals surface area contributed by atoms with Crippen molar-refractivity contribution in [1.29, 1.82) is 0 Å². The lowest BCUT2D eigenvalue weighted by molar-refractivity contribution is -0.121. The van der Waals surface area contributed by atoms with E-state index in [-0.39, 0.29) is 23.9 Å². The largest absolute Gasteiger partial charge is 0.493 e. The highest BCUT2D eigenvalue weighted by atomic mass is 35.5. The summed E-state index contributed by atoms with van der Waals surface area (Å²) in [5.74, 6) is 0.857. The molecule has 0 heterocycles. The molecule has 0 unspecified atom stereocenters. The molecule has 186 valence electrons. The fraction of sp³-hybridized carbons (Fsp3) is 0.269. The average molecular weight is 517 g/mol. The number of halogens is 1. The number of benzene rings is 3. The fourth-order valence-corrected chi connectivity index (χ4v) is 5.06. The first-order valence-corrected chi connectivity index (χ1v) is 12.9. The molecule has 3 aromatic rings. The Labute approximate surface area is 211 Å². The average Bonchev–Trinajstić information content (AvgIpc) is 2.87. The number of nitrogens with zero attached hydrogens (tertiary/aromatic N) is 1. The second kappa shape index (κ2) is 12.6. The van der Waals surface area contributed by atoms with Crippen molar-refractivity contribution in [3.63, 3.8) is 0 Å². The van der Waals surface area contributed by atoms with Gasteiger partial charge in [-0.05, 0) is 60.4 Å². The molecule has 0 radical (unpaired) electrons. The van der Waals surface area contributed by atoms with Gasteiger partial charge in [0.05, 0.1) is 25.7 Å². The number of hydrogen-bond acceptors (Lipinski definition) is 5. The summed E-state index contributed by atoms with van der Waals surface area (Å²) < 4.78 is 38.4. The van der Waals surface area contributed by atoms with E-state index in [4.69, 9.17) is 21.1 Å². The molecule has 0 aliphatic carbocycles. The Kier molecular flexibility index (Phi) is 9.54. The van der Waals surface area contributed by atoms with Crippen LogP contribution in [0.15, 0.2) is 77.7 Å². The van der Waals surface area contributed by atoms with Crippen molar-refractivity contribution in [2.45, 2.75) is 17.7 Å². The molecule has 0 saturated carbocycles. The van der Waals surface area contributed by atoms with Gasteiger partial charge in [0, 0.05) is 18.1 Å². The number of sulfonamides is 1. The first kappa shape index (κ1) is 26.5. The molecule has 1 N–H and O–H groups in total. The standard InChI is InChI=1S/C26H29ClN2O5S/c1-33-24-13-8-21(18-25(24)34-2)14-16-28-26(30)19-29(17-15-20-6-4-3-5-7-20)35(31,32)23-11-9-22(27)10-12-23/h3-13,18H,14-17,19H2,1-2H3,(H,28,30). The van der Waals surface area contributed by atoms with Crippen LogP contribution in [0.3, 0.4) is 0 Å². The van der Waals surface area contributed by atoms with Crippen LogP contribution in [0.4, 0.5) is 0 Å². The highest BCUT2D eigenvalue weighted by Crippen LogP contribution is 2.27. The fourth-order valence-electron chi connectivity index (χ4n) is 3.54. The second-order valence-electron chi connectivity index (χ2n) is 7.82. The van der Waals surface area contributed by atoms with Gasteiger partial charge in [-0.2, -0.15) is 4.31 Å². The molecule has 35 heavy (non-hydrogen) atoms. The molecule has 0 saturated heterocycles. The summed E-state index contributed by atoms with van der Waals surface area (Å²) in [5.41, 5.74) is 1.94. The number of nitrogens with one attached hydrogen (secondary N) is 1. The topological polar surface area (TPSA) is 84.9 Å². The van der Waals surface area contributed by atoms with Crippen LogP contribution in [0, 0.1) is 0 Å². The summed E-state index contributed by atoms with van der Waals surface area (Å²) in [7, 11) is -0.761. The number of amides is 1. The summed E-state index contributed by atoms with van der Waals surface area (Å²) in [4.78, 5) is 12.8. The maximum Gasteiger partial charge on any atom is 0.243 e. The molecule has 0 atom stereocenters. The third kappa shape index (κ3) is 7.45.